The van der Waals surface area contributed by atoms with Gasteiger partial charge < -0.3 is 10.4 Å². The molecule has 3 rings (SSSR count). The van der Waals surface area contributed by atoms with Crippen LogP contribution in [-0.2, 0) is 4.79 Å². The molecule has 0 radical (unpaired) electrons. The smallest absolute Gasteiger partial charge is 0.326 e. The van der Waals surface area contributed by atoms with Gasteiger partial charge in [-0.1, -0.05) is 45.0 Å². The topological polar surface area (TPSA) is 75.1 Å². The molecule has 0 aliphatic heterocycles. The van der Waals surface area contributed by atoms with Crippen molar-refractivity contribution in [1.82, 2.24) is 9.97 Å². The third kappa shape index (κ3) is 3.49. The third-order valence-electron chi connectivity index (χ3n) is 4.28. The molecule has 0 aliphatic carbocycles. The maximum absolute atomic E-state index is 11.4. The molecule has 0 fully saturated rings. The van der Waals surface area contributed by atoms with E-state index >= 15 is 0 Å². The molecule has 3 aromatic rings. The van der Waals surface area contributed by atoms with Gasteiger partial charge in [-0.05, 0) is 23.5 Å². The number of anilines is 1. The van der Waals surface area contributed by atoms with Gasteiger partial charge in [0.25, 0.3) is 0 Å². The quantitative estimate of drug-likeness (QED) is 0.667. The summed E-state index contributed by atoms with van der Waals surface area (Å²) >= 11 is 1.54. The van der Waals surface area contributed by atoms with Gasteiger partial charge in [0.2, 0.25) is 0 Å². The summed E-state index contributed by atoms with van der Waals surface area (Å²) < 4.78 is 0. The number of aliphatic carboxylic acids is 1. The number of carbonyl (C=O) groups is 1. The Kier molecular flexibility index (Phi) is 4.99. The standard InChI is InChI=1S/C19H21N3O2S/c1-4-15(19(23)24)22-17-16-14(9-25-18(16)21-10-20-17)13-7-5-12(6-8-13)11(2)3/h5-11,15H,4H2,1-3H3,(H,23,24)(H,20,21,22). The normalized spacial score (nSPS) is 12.5. The van der Waals surface area contributed by atoms with E-state index in [1.54, 1.807) is 0 Å². The highest BCUT2D eigenvalue weighted by Crippen LogP contribution is 2.37. The molecule has 25 heavy (non-hydrogen) atoms. The fourth-order valence-electron chi connectivity index (χ4n) is 2.75. The van der Waals surface area contributed by atoms with Gasteiger partial charge in [-0.15, -0.1) is 11.3 Å². The van der Waals surface area contributed by atoms with Crippen LogP contribution in [0.15, 0.2) is 36.0 Å². The molecular formula is C19H21N3O2S. The van der Waals surface area contributed by atoms with E-state index in [0.29, 0.717) is 18.2 Å². The minimum atomic E-state index is -0.882. The number of aromatic nitrogens is 2. The number of hydrogen-bond donors (Lipinski definition) is 2. The summed E-state index contributed by atoms with van der Waals surface area (Å²) in [5.41, 5.74) is 3.39. The van der Waals surface area contributed by atoms with Gasteiger partial charge in [0, 0.05) is 10.9 Å². The summed E-state index contributed by atoms with van der Waals surface area (Å²) in [4.78, 5) is 20.8. The lowest BCUT2D eigenvalue weighted by Crippen LogP contribution is -2.28. The van der Waals surface area contributed by atoms with Crippen LogP contribution in [0, 0.1) is 0 Å². The Morgan fingerprint density at radius 1 is 1.24 bits per heavy atom. The van der Waals surface area contributed by atoms with Crippen molar-refractivity contribution in [3.05, 3.63) is 41.5 Å². The third-order valence-corrected chi connectivity index (χ3v) is 5.16. The number of hydrogen-bond acceptors (Lipinski definition) is 5. The van der Waals surface area contributed by atoms with Gasteiger partial charge in [-0.25, -0.2) is 14.8 Å². The summed E-state index contributed by atoms with van der Waals surface area (Å²) in [6.45, 7) is 6.17. The molecule has 2 N–H and O–H groups in total. The van der Waals surface area contributed by atoms with Crippen molar-refractivity contribution >= 4 is 33.3 Å². The fraction of sp³-hybridized carbons (Fsp3) is 0.316. The first-order valence-electron chi connectivity index (χ1n) is 8.33. The lowest BCUT2D eigenvalue weighted by atomic mass is 9.99. The van der Waals surface area contributed by atoms with E-state index in [9.17, 15) is 9.90 Å². The van der Waals surface area contributed by atoms with E-state index in [2.05, 4.69) is 58.8 Å². The van der Waals surface area contributed by atoms with Gasteiger partial charge in [0.15, 0.2) is 0 Å². The van der Waals surface area contributed by atoms with Crippen molar-refractivity contribution in [3.8, 4) is 11.1 Å². The highest BCUT2D eigenvalue weighted by Gasteiger charge is 2.19. The van der Waals surface area contributed by atoms with Crippen LogP contribution in [0.4, 0.5) is 5.82 Å². The minimum Gasteiger partial charge on any atom is -0.480 e. The van der Waals surface area contributed by atoms with E-state index in [-0.39, 0.29) is 0 Å². The number of thiophene rings is 1. The zero-order chi connectivity index (χ0) is 18.0. The van der Waals surface area contributed by atoms with Crippen molar-refractivity contribution in [2.75, 3.05) is 5.32 Å². The Bertz CT molecular complexity index is 887. The zero-order valence-corrected chi connectivity index (χ0v) is 15.3. The zero-order valence-electron chi connectivity index (χ0n) is 14.5. The summed E-state index contributed by atoms with van der Waals surface area (Å²) in [5, 5.41) is 15.3. The molecule has 5 nitrogen and oxygen atoms in total. The summed E-state index contributed by atoms with van der Waals surface area (Å²) in [6.07, 6.45) is 1.95. The first kappa shape index (κ1) is 17.4. The predicted molar refractivity (Wildman–Crippen MR) is 102 cm³/mol. The molecule has 0 amide bonds. The van der Waals surface area contributed by atoms with Crippen molar-refractivity contribution < 1.29 is 9.90 Å². The number of benzene rings is 1. The Balaban J connectivity index is 2.06. The number of nitrogens with zero attached hydrogens (tertiary/aromatic N) is 2. The van der Waals surface area contributed by atoms with Gasteiger partial charge in [0.1, 0.15) is 23.0 Å². The van der Waals surface area contributed by atoms with E-state index in [0.717, 1.165) is 21.3 Å². The van der Waals surface area contributed by atoms with Gasteiger partial charge in [-0.3, -0.25) is 0 Å². The molecule has 2 aromatic heterocycles. The van der Waals surface area contributed by atoms with Crippen LogP contribution in [0.3, 0.4) is 0 Å². The van der Waals surface area contributed by atoms with E-state index in [1.807, 2.05) is 6.92 Å². The lowest BCUT2D eigenvalue weighted by Gasteiger charge is -2.14. The second kappa shape index (κ2) is 7.19. The van der Waals surface area contributed by atoms with Crippen LogP contribution in [-0.4, -0.2) is 27.1 Å². The SMILES string of the molecule is CCC(Nc1ncnc2scc(-c3ccc(C(C)C)cc3)c12)C(=O)O. The average Bonchev–Trinajstić information content (AvgIpc) is 3.04. The van der Waals surface area contributed by atoms with E-state index in [4.69, 9.17) is 0 Å². The Hall–Kier alpha value is -2.47. The Labute approximate surface area is 150 Å². The molecule has 2 heterocycles. The highest BCUT2D eigenvalue weighted by molar-refractivity contribution is 7.17. The summed E-state index contributed by atoms with van der Waals surface area (Å²) in [7, 11) is 0. The first-order chi connectivity index (χ1) is 12.0. The van der Waals surface area contributed by atoms with Crippen molar-refractivity contribution in [1.29, 1.82) is 0 Å². The van der Waals surface area contributed by atoms with Crippen LogP contribution >= 0.6 is 11.3 Å². The molecule has 0 bridgehead atoms. The number of nitrogens with one attached hydrogen (secondary N) is 1. The molecule has 0 aliphatic rings. The number of rotatable bonds is 6. The molecule has 130 valence electrons. The largest absolute Gasteiger partial charge is 0.480 e. The van der Waals surface area contributed by atoms with Gasteiger partial charge in [0.05, 0.1) is 5.39 Å². The van der Waals surface area contributed by atoms with Crippen molar-refractivity contribution in [2.24, 2.45) is 0 Å². The minimum absolute atomic E-state index is 0.476. The monoisotopic (exact) mass is 355 g/mol. The van der Waals surface area contributed by atoms with E-state index < -0.39 is 12.0 Å². The second-order valence-electron chi connectivity index (χ2n) is 6.27. The van der Waals surface area contributed by atoms with Crippen LogP contribution < -0.4 is 5.32 Å². The maximum Gasteiger partial charge on any atom is 0.326 e. The predicted octanol–water partition coefficient (Wildman–Crippen LogP) is 4.76. The fourth-order valence-corrected chi connectivity index (χ4v) is 3.66. The molecule has 1 aromatic carbocycles. The van der Waals surface area contributed by atoms with Crippen LogP contribution in [0.2, 0.25) is 0 Å². The van der Waals surface area contributed by atoms with Crippen LogP contribution in [0.5, 0.6) is 0 Å². The highest BCUT2D eigenvalue weighted by atomic mass is 32.1. The molecular weight excluding hydrogens is 334 g/mol. The van der Waals surface area contributed by atoms with E-state index in [1.165, 1.54) is 23.2 Å². The maximum atomic E-state index is 11.4. The number of carboxylic acid groups (broad SMARTS) is 1. The lowest BCUT2D eigenvalue weighted by molar-refractivity contribution is -0.137. The van der Waals surface area contributed by atoms with Gasteiger partial charge >= 0.3 is 5.97 Å². The Morgan fingerprint density at radius 3 is 2.56 bits per heavy atom. The summed E-state index contributed by atoms with van der Waals surface area (Å²) in [6, 6.07) is 7.79. The molecule has 6 heteroatoms. The van der Waals surface area contributed by atoms with Gasteiger partial charge in [-0.2, -0.15) is 0 Å². The number of carboxylic acids is 1. The second-order valence-corrected chi connectivity index (χ2v) is 7.13. The van der Waals surface area contributed by atoms with Crippen LogP contribution in [0.25, 0.3) is 21.3 Å². The van der Waals surface area contributed by atoms with Crippen molar-refractivity contribution in [2.45, 2.75) is 39.2 Å². The first-order valence-corrected chi connectivity index (χ1v) is 9.21. The molecule has 1 atom stereocenters. The summed E-state index contributed by atoms with van der Waals surface area (Å²) in [5.74, 6) is 0.172. The Morgan fingerprint density at radius 2 is 1.96 bits per heavy atom. The molecule has 0 saturated heterocycles. The van der Waals surface area contributed by atoms with Crippen molar-refractivity contribution in [3.63, 3.8) is 0 Å². The molecule has 0 saturated carbocycles. The average molecular weight is 355 g/mol. The molecule has 1 unspecified atom stereocenters. The number of fused-ring (bicyclic) bond motifs is 1. The molecule has 0 spiro atoms. The van der Waals surface area contributed by atoms with Crippen LogP contribution in [0.1, 0.15) is 38.7 Å².